The summed E-state index contributed by atoms with van der Waals surface area (Å²) in [6.07, 6.45) is 2.88. The van der Waals surface area contributed by atoms with Gasteiger partial charge in [0.2, 0.25) is 5.91 Å². The number of piperazine rings is 1. The van der Waals surface area contributed by atoms with Crippen molar-refractivity contribution in [1.29, 1.82) is 0 Å². The van der Waals surface area contributed by atoms with E-state index in [9.17, 15) is 4.79 Å². The van der Waals surface area contributed by atoms with Gasteiger partial charge >= 0.3 is 0 Å². The zero-order valence-electron chi connectivity index (χ0n) is 11.8. The van der Waals surface area contributed by atoms with Gasteiger partial charge in [-0.15, -0.1) is 0 Å². The lowest BCUT2D eigenvalue weighted by Gasteiger charge is -2.39. The lowest BCUT2D eigenvalue weighted by molar-refractivity contribution is -0.121. The summed E-state index contributed by atoms with van der Waals surface area (Å²) in [5, 5.41) is 2.67. The molecule has 1 heterocycles. The molecule has 0 saturated carbocycles. The van der Waals surface area contributed by atoms with Gasteiger partial charge in [-0.3, -0.25) is 9.69 Å². The van der Waals surface area contributed by atoms with E-state index in [1.54, 1.807) is 7.05 Å². The zero-order valence-corrected chi connectivity index (χ0v) is 11.8. The fraction of sp³-hybridized carbons (Fsp3) is 0.923. The van der Waals surface area contributed by atoms with E-state index in [-0.39, 0.29) is 5.91 Å². The van der Waals surface area contributed by atoms with Crippen molar-refractivity contribution in [1.82, 2.24) is 15.1 Å². The Labute approximate surface area is 111 Å². The molecule has 1 aliphatic heterocycles. The van der Waals surface area contributed by atoms with Crippen LogP contribution in [0.1, 0.15) is 26.2 Å². The molecule has 0 aromatic heterocycles. The summed E-state index contributed by atoms with van der Waals surface area (Å²) in [5.74, 6) is 0.131. The highest BCUT2D eigenvalue weighted by Gasteiger charge is 2.22. The number of carbonyl (C=O) groups excluding carboxylic acids is 1. The fourth-order valence-corrected chi connectivity index (χ4v) is 2.57. The van der Waals surface area contributed by atoms with Crippen LogP contribution in [0.5, 0.6) is 0 Å². The molecule has 18 heavy (non-hydrogen) atoms. The molecule has 0 aromatic rings. The van der Waals surface area contributed by atoms with E-state index in [0.29, 0.717) is 12.5 Å². The van der Waals surface area contributed by atoms with Gasteiger partial charge in [0.1, 0.15) is 0 Å². The van der Waals surface area contributed by atoms with Crippen LogP contribution >= 0.6 is 0 Å². The van der Waals surface area contributed by atoms with Gasteiger partial charge in [-0.25, -0.2) is 0 Å². The molecular formula is C13H28N4O. The van der Waals surface area contributed by atoms with Crippen LogP contribution in [0.15, 0.2) is 0 Å². The molecule has 0 bridgehead atoms. The summed E-state index contributed by atoms with van der Waals surface area (Å²) in [7, 11) is 1.69. The van der Waals surface area contributed by atoms with Crippen LogP contribution < -0.4 is 11.1 Å². The van der Waals surface area contributed by atoms with Crippen molar-refractivity contribution in [3.63, 3.8) is 0 Å². The molecule has 5 nitrogen and oxygen atoms in total. The average Bonchev–Trinajstić information content (AvgIpc) is 2.42. The van der Waals surface area contributed by atoms with Crippen molar-refractivity contribution < 1.29 is 4.79 Å². The van der Waals surface area contributed by atoms with Crippen LogP contribution in [-0.4, -0.2) is 68.1 Å². The standard InChI is InChI=1S/C13H28N4O/c1-3-12(4-6-14)17-10-8-16(9-11-17)7-5-13(18)15-2/h12H,3-11,14H2,1-2H3,(H,15,18). The first-order valence-electron chi connectivity index (χ1n) is 7.08. The second kappa shape index (κ2) is 8.45. The minimum Gasteiger partial charge on any atom is -0.359 e. The highest BCUT2D eigenvalue weighted by Crippen LogP contribution is 2.12. The number of nitrogens with one attached hydrogen (secondary N) is 1. The van der Waals surface area contributed by atoms with Gasteiger partial charge in [-0.2, -0.15) is 0 Å². The third kappa shape index (κ3) is 4.92. The molecule has 1 aliphatic rings. The Morgan fingerprint density at radius 1 is 1.33 bits per heavy atom. The number of carbonyl (C=O) groups is 1. The van der Waals surface area contributed by atoms with Crippen molar-refractivity contribution in [3.8, 4) is 0 Å². The summed E-state index contributed by atoms with van der Waals surface area (Å²) in [5.41, 5.74) is 5.65. The minimum absolute atomic E-state index is 0.131. The third-order valence-electron chi connectivity index (χ3n) is 3.83. The molecule has 1 amide bonds. The van der Waals surface area contributed by atoms with Crippen LogP contribution in [0, 0.1) is 0 Å². The number of rotatable bonds is 7. The highest BCUT2D eigenvalue weighted by atomic mass is 16.1. The van der Waals surface area contributed by atoms with Crippen molar-refractivity contribution in [2.24, 2.45) is 5.73 Å². The molecule has 1 saturated heterocycles. The molecule has 0 aliphatic carbocycles. The maximum Gasteiger partial charge on any atom is 0.221 e. The zero-order chi connectivity index (χ0) is 13.4. The first kappa shape index (κ1) is 15.4. The molecule has 106 valence electrons. The first-order chi connectivity index (χ1) is 8.71. The van der Waals surface area contributed by atoms with Crippen molar-refractivity contribution in [2.45, 2.75) is 32.2 Å². The average molecular weight is 256 g/mol. The Morgan fingerprint density at radius 3 is 2.50 bits per heavy atom. The normalized spacial score (nSPS) is 19.7. The molecule has 1 atom stereocenters. The van der Waals surface area contributed by atoms with E-state index in [1.807, 2.05) is 0 Å². The summed E-state index contributed by atoms with van der Waals surface area (Å²) in [6, 6.07) is 0.635. The molecule has 0 radical (unpaired) electrons. The Morgan fingerprint density at radius 2 is 2.00 bits per heavy atom. The maximum absolute atomic E-state index is 11.2. The molecule has 5 heteroatoms. The van der Waals surface area contributed by atoms with E-state index in [0.717, 1.165) is 45.7 Å². The minimum atomic E-state index is 0.131. The van der Waals surface area contributed by atoms with Gasteiger partial charge in [0.05, 0.1) is 0 Å². The van der Waals surface area contributed by atoms with Crippen molar-refractivity contribution in [2.75, 3.05) is 46.3 Å². The molecule has 3 N–H and O–H groups in total. The lowest BCUT2D eigenvalue weighted by atomic mass is 10.1. The number of hydrogen-bond donors (Lipinski definition) is 2. The van der Waals surface area contributed by atoms with E-state index in [2.05, 4.69) is 22.0 Å². The quantitative estimate of drug-likeness (QED) is 0.666. The van der Waals surface area contributed by atoms with Gasteiger partial charge < -0.3 is 16.0 Å². The van der Waals surface area contributed by atoms with Crippen molar-refractivity contribution >= 4 is 5.91 Å². The molecular weight excluding hydrogens is 228 g/mol. The maximum atomic E-state index is 11.2. The lowest BCUT2D eigenvalue weighted by Crippen LogP contribution is -2.51. The van der Waals surface area contributed by atoms with Gasteiger partial charge in [0.15, 0.2) is 0 Å². The predicted molar refractivity (Wildman–Crippen MR) is 74.4 cm³/mol. The summed E-state index contributed by atoms with van der Waals surface area (Å²) in [6.45, 7) is 8.23. The van der Waals surface area contributed by atoms with E-state index >= 15 is 0 Å². The molecule has 0 spiro atoms. The number of hydrogen-bond acceptors (Lipinski definition) is 4. The molecule has 0 aromatic carbocycles. The van der Waals surface area contributed by atoms with E-state index in [4.69, 9.17) is 5.73 Å². The van der Waals surface area contributed by atoms with Crippen LogP contribution in [0.4, 0.5) is 0 Å². The highest BCUT2D eigenvalue weighted by molar-refractivity contribution is 5.75. The summed E-state index contributed by atoms with van der Waals surface area (Å²) in [4.78, 5) is 16.1. The SMILES string of the molecule is CCC(CCN)N1CCN(CCC(=O)NC)CC1. The fourth-order valence-electron chi connectivity index (χ4n) is 2.57. The summed E-state index contributed by atoms with van der Waals surface area (Å²) >= 11 is 0. The summed E-state index contributed by atoms with van der Waals surface area (Å²) < 4.78 is 0. The smallest absolute Gasteiger partial charge is 0.221 e. The Kier molecular flexibility index (Phi) is 7.23. The van der Waals surface area contributed by atoms with E-state index in [1.165, 1.54) is 6.42 Å². The largest absolute Gasteiger partial charge is 0.359 e. The number of amides is 1. The number of nitrogens with zero attached hydrogens (tertiary/aromatic N) is 2. The number of nitrogens with two attached hydrogens (primary N) is 1. The van der Waals surface area contributed by atoms with Crippen LogP contribution in [-0.2, 0) is 4.79 Å². The topological polar surface area (TPSA) is 61.6 Å². The van der Waals surface area contributed by atoms with Gasteiger partial charge in [0, 0.05) is 52.2 Å². The van der Waals surface area contributed by atoms with E-state index < -0.39 is 0 Å². The van der Waals surface area contributed by atoms with Crippen LogP contribution in [0.25, 0.3) is 0 Å². The van der Waals surface area contributed by atoms with Crippen LogP contribution in [0.2, 0.25) is 0 Å². The molecule has 1 fully saturated rings. The molecule has 1 unspecified atom stereocenters. The molecule has 1 rings (SSSR count). The Bertz CT molecular complexity index is 239. The third-order valence-corrected chi connectivity index (χ3v) is 3.83. The first-order valence-corrected chi connectivity index (χ1v) is 7.08. The Balaban J connectivity index is 2.25. The van der Waals surface area contributed by atoms with Crippen molar-refractivity contribution in [3.05, 3.63) is 0 Å². The van der Waals surface area contributed by atoms with Gasteiger partial charge in [-0.05, 0) is 19.4 Å². The van der Waals surface area contributed by atoms with Gasteiger partial charge in [0.25, 0.3) is 0 Å². The second-order valence-electron chi connectivity index (χ2n) is 4.94. The second-order valence-corrected chi connectivity index (χ2v) is 4.94. The van der Waals surface area contributed by atoms with Gasteiger partial charge in [-0.1, -0.05) is 6.92 Å². The Hall–Kier alpha value is -0.650. The monoisotopic (exact) mass is 256 g/mol. The predicted octanol–water partition coefficient (Wildman–Crippen LogP) is -0.132. The van der Waals surface area contributed by atoms with Crippen LogP contribution in [0.3, 0.4) is 0 Å².